The highest BCUT2D eigenvalue weighted by atomic mass is 16.7. The van der Waals surface area contributed by atoms with Gasteiger partial charge in [-0.2, -0.15) is 0 Å². The van der Waals surface area contributed by atoms with Gasteiger partial charge in [-0.1, -0.05) is 27.7 Å². The minimum atomic E-state index is -0.699. The van der Waals surface area contributed by atoms with E-state index in [-0.39, 0.29) is 5.41 Å². The van der Waals surface area contributed by atoms with E-state index >= 15 is 0 Å². The van der Waals surface area contributed by atoms with Crippen LogP contribution in [0.5, 0.6) is 11.5 Å². The summed E-state index contributed by atoms with van der Waals surface area (Å²) in [5.74, 6) is 1.08. The second kappa shape index (κ2) is 6.37. The van der Waals surface area contributed by atoms with Gasteiger partial charge in [0.2, 0.25) is 0 Å². The van der Waals surface area contributed by atoms with E-state index in [1.807, 2.05) is 32.9 Å². The monoisotopic (exact) mass is 294 g/mol. The maximum atomic E-state index is 11.9. The first-order valence-electron chi connectivity index (χ1n) is 7.18. The first-order valence-corrected chi connectivity index (χ1v) is 7.18. The molecule has 0 aliphatic carbocycles. The molecule has 0 spiro atoms. The Kier molecular flexibility index (Phi) is 5.26. The maximum Gasteiger partial charge on any atom is 0.514 e. The van der Waals surface area contributed by atoms with E-state index in [0.29, 0.717) is 17.9 Å². The molecule has 0 fully saturated rings. The summed E-state index contributed by atoms with van der Waals surface area (Å²) in [6.45, 7) is 11.9. The molecule has 0 N–H and O–H groups in total. The fourth-order valence-electron chi connectivity index (χ4n) is 1.60. The summed E-state index contributed by atoms with van der Waals surface area (Å²) in [6.07, 6.45) is 0.0166. The lowest BCUT2D eigenvalue weighted by Crippen LogP contribution is -2.28. The van der Waals surface area contributed by atoms with Crippen LogP contribution in [0.15, 0.2) is 18.2 Å². The molecule has 1 aromatic rings. The molecule has 21 heavy (non-hydrogen) atoms. The van der Waals surface area contributed by atoms with Crippen molar-refractivity contribution >= 4 is 6.16 Å². The standard InChI is InChI=1S/C17H26O4/c1-8-17(5,6)21-15(18)20-14-10-12(16(2,3)4)9-13(11-14)19-7/h9-11H,8H2,1-7H3. The molecule has 0 amide bonds. The summed E-state index contributed by atoms with van der Waals surface area (Å²) in [7, 11) is 1.59. The Balaban J connectivity index is 2.95. The van der Waals surface area contributed by atoms with E-state index in [9.17, 15) is 4.79 Å². The Bertz CT molecular complexity index is 498. The molecule has 4 heteroatoms. The van der Waals surface area contributed by atoms with Crippen LogP contribution in [0.25, 0.3) is 0 Å². The fraction of sp³-hybridized carbons (Fsp3) is 0.588. The number of ether oxygens (including phenoxy) is 3. The highest BCUT2D eigenvalue weighted by molar-refractivity contribution is 5.65. The van der Waals surface area contributed by atoms with Gasteiger partial charge in [0, 0.05) is 6.07 Å². The lowest BCUT2D eigenvalue weighted by molar-refractivity contribution is 0.00702. The number of methoxy groups -OCH3 is 1. The van der Waals surface area contributed by atoms with Crippen molar-refractivity contribution in [1.29, 1.82) is 0 Å². The van der Waals surface area contributed by atoms with Gasteiger partial charge in [-0.3, -0.25) is 0 Å². The molecule has 0 aromatic heterocycles. The van der Waals surface area contributed by atoms with Crippen LogP contribution in [0, 0.1) is 0 Å². The van der Waals surface area contributed by atoms with E-state index in [1.165, 1.54) is 0 Å². The highest BCUT2D eigenvalue weighted by Crippen LogP contribution is 2.31. The Morgan fingerprint density at radius 3 is 2.10 bits per heavy atom. The van der Waals surface area contributed by atoms with Gasteiger partial charge >= 0.3 is 6.16 Å². The van der Waals surface area contributed by atoms with Gasteiger partial charge in [0.15, 0.2) is 0 Å². The van der Waals surface area contributed by atoms with Gasteiger partial charge in [-0.05, 0) is 43.4 Å². The predicted molar refractivity (Wildman–Crippen MR) is 83.2 cm³/mol. The van der Waals surface area contributed by atoms with Crippen LogP contribution < -0.4 is 9.47 Å². The minimum Gasteiger partial charge on any atom is -0.497 e. The molecule has 0 aliphatic heterocycles. The SMILES string of the molecule is CCC(C)(C)OC(=O)Oc1cc(OC)cc(C(C)(C)C)c1. The zero-order chi connectivity index (χ0) is 16.3. The van der Waals surface area contributed by atoms with Crippen LogP contribution in [-0.4, -0.2) is 18.9 Å². The molecule has 118 valence electrons. The predicted octanol–water partition coefficient (Wildman–Crippen LogP) is 4.70. The number of hydrogen-bond acceptors (Lipinski definition) is 4. The summed E-state index contributed by atoms with van der Waals surface area (Å²) in [5.41, 5.74) is 0.418. The third-order valence-electron chi connectivity index (χ3n) is 3.39. The van der Waals surface area contributed by atoms with E-state index < -0.39 is 11.8 Å². The lowest BCUT2D eigenvalue weighted by Gasteiger charge is -2.23. The normalized spacial score (nSPS) is 12.0. The largest absolute Gasteiger partial charge is 0.514 e. The summed E-state index contributed by atoms with van der Waals surface area (Å²) in [4.78, 5) is 11.9. The van der Waals surface area contributed by atoms with Gasteiger partial charge in [0.1, 0.15) is 17.1 Å². The minimum absolute atomic E-state index is 0.0702. The topological polar surface area (TPSA) is 44.8 Å². The van der Waals surface area contributed by atoms with Gasteiger partial charge < -0.3 is 14.2 Å². The second-order valence-corrected chi connectivity index (χ2v) is 6.71. The summed E-state index contributed by atoms with van der Waals surface area (Å²) in [5, 5.41) is 0. The third kappa shape index (κ3) is 5.29. The smallest absolute Gasteiger partial charge is 0.497 e. The Labute approximate surface area is 127 Å². The average molecular weight is 294 g/mol. The highest BCUT2D eigenvalue weighted by Gasteiger charge is 2.23. The quantitative estimate of drug-likeness (QED) is 0.596. The van der Waals surface area contributed by atoms with Crippen LogP contribution in [0.2, 0.25) is 0 Å². The molecule has 0 unspecified atom stereocenters. The Morgan fingerprint density at radius 1 is 1.05 bits per heavy atom. The molecular formula is C17H26O4. The maximum absolute atomic E-state index is 11.9. The Hall–Kier alpha value is -1.71. The number of hydrogen-bond donors (Lipinski definition) is 0. The number of carbonyl (C=O) groups is 1. The van der Waals surface area contributed by atoms with E-state index in [0.717, 1.165) is 5.56 Å². The van der Waals surface area contributed by atoms with Crippen molar-refractivity contribution in [2.75, 3.05) is 7.11 Å². The van der Waals surface area contributed by atoms with Crippen LogP contribution in [0.4, 0.5) is 4.79 Å². The number of carbonyl (C=O) groups excluding carboxylic acids is 1. The van der Waals surface area contributed by atoms with Crippen LogP contribution in [0.3, 0.4) is 0 Å². The molecule has 0 bridgehead atoms. The molecule has 0 atom stereocenters. The van der Waals surface area contributed by atoms with Crippen LogP contribution >= 0.6 is 0 Å². The van der Waals surface area contributed by atoms with Crippen molar-refractivity contribution in [2.24, 2.45) is 0 Å². The summed E-state index contributed by atoms with van der Waals surface area (Å²) >= 11 is 0. The van der Waals surface area contributed by atoms with Crippen molar-refractivity contribution in [3.8, 4) is 11.5 Å². The third-order valence-corrected chi connectivity index (χ3v) is 3.39. The van der Waals surface area contributed by atoms with Crippen molar-refractivity contribution < 1.29 is 19.0 Å². The Morgan fingerprint density at radius 2 is 1.62 bits per heavy atom. The lowest BCUT2D eigenvalue weighted by atomic mass is 9.87. The first-order chi connectivity index (χ1) is 9.57. The summed E-state index contributed by atoms with van der Waals surface area (Å²) in [6, 6.07) is 5.45. The molecule has 4 nitrogen and oxygen atoms in total. The van der Waals surface area contributed by atoms with E-state index in [4.69, 9.17) is 14.2 Å². The number of rotatable bonds is 4. The molecule has 0 heterocycles. The molecule has 1 rings (SSSR count). The van der Waals surface area contributed by atoms with Crippen LogP contribution in [0.1, 0.15) is 53.5 Å². The van der Waals surface area contributed by atoms with Gasteiger partial charge in [0.05, 0.1) is 7.11 Å². The zero-order valence-corrected chi connectivity index (χ0v) is 14.1. The van der Waals surface area contributed by atoms with Gasteiger partial charge in [-0.15, -0.1) is 0 Å². The molecule has 0 aliphatic rings. The second-order valence-electron chi connectivity index (χ2n) is 6.71. The van der Waals surface area contributed by atoms with E-state index in [2.05, 4.69) is 20.8 Å². The molecule has 0 saturated heterocycles. The molecule has 1 aromatic carbocycles. The molecular weight excluding hydrogens is 268 g/mol. The molecule has 0 saturated carbocycles. The van der Waals surface area contributed by atoms with E-state index in [1.54, 1.807) is 13.2 Å². The van der Waals surface area contributed by atoms with Crippen LogP contribution in [-0.2, 0) is 10.2 Å². The first kappa shape index (κ1) is 17.3. The van der Waals surface area contributed by atoms with Crippen molar-refractivity contribution in [3.63, 3.8) is 0 Å². The molecule has 0 radical (unpaired) electrons. The average Bonchev–Trinajstić information content (AvgIpc) is 2.36. The van der Waals surface area contributed by atoms with Crippen molar-refractivity contribution in [3.05, 3.63) is 23.8 Å². The van der Waals surface area contributed by atoms with Gasteiger partial charge in [-0.25, -0.2) is 4.79 Å². The number of benzene rings is 1. The van der Waals surface area contributed by atoms with Crippen molar-refractivity contribution in [1.82, 2.24) is 0 Å². The summed E-state index contributed by atoms with van der Waals surface area (Å²) < 4.78 is 15.8. The fourth-order valence-corrected chi connectivity index (χ4v) is 1.60. The van der Waals surface area contributed by atoms with Crippen molar-refractivity contribution in [2.45, 2.75) is 59.0 Å². The zero-order valence-electron chi connectivity index (χ0n) is 14.1. The van der Waals surface area contributed by atoms with Gasteiger partial charge in [0.25, 0.3) is 0 Å².